The van der Waals surface area contributed by atoms with Gasteiger partial charge in [0.05, 0.1) is 6.61 Å². The maximum atomic E-state index is 10.9. The predicted molar refractivity (Wildman–Crippen MR) is 90.1 cm³/mol. The second-order valence-corrected chi connectivity index (χ2v) is 16.4. The lowest BCUT2D eigenvalue weighted by Gasteiger charge is -2.31. The number of rotatable bonds is 11. The Hall–Kier alpha value is -0.259. The first-order valence-corrected chi connectivity index (χ1v) is 15.0. The molecule has 0 aromatic carbocycles. The van der Waals surface area contributed by atoms with E-state index in [0.29, 0.717) is 6.61 Å². The molecule has 0 amide bonds. The molecule has 0 aromatic rings. The van der Waals surface area contributed by atoms with Crippen molar-refractivity contribution in [3.63, 3.8) is 0 Å². The number of carbonyl (C=O) groups is 1. The summed E-state index contributed by atoms with van der Waals surface area (Å²) in [5, 5.41) is 0. The zero-order valence-corrected chi connectivity index (χ0v) is 17.0. The summed E-state index contributed by atoms with van der Waals surface area (Å²) in [7, 11) is -3.17. The monoisotopic (exact) mass is 348 g/mol. The van der Waals surface area contributed by atoms with Crippen LogP contribution in [-0.2, 0) is 22.8 Å². The normalized spacial score (nSPS) is 12.5. The number of hydrogen-bond donors (Lipinski definition) is 0. The molecule has 0 aliphatic carbocycles. The number of carbonyl (C=O) groups excluding carboxylic acids is 1. The van der Waals surface area contributed by atoms with Gasteiger partial charge in [-0.25, -0.2) is 4.79 Å². The average Bonchev–Trinajstić information content (AvgIpc) is 2.28. The smallest absolute Gasteiger partial charge is 0.330 e. The summed E-state index contributed by atoms with van der Waals surface area (Å²) < 4.78 is 22.4. The Bertz CT molecular complexity index is 307. The fourth-order valence-corrected chi connectivity index (χ4v) is 3.43. The standard InChI is InChI=1S/C13H28O5Si3/c1-8-12(14)15-10-9-11-19-16-13(17-20(2,3)4)18-21(5,6)7/h8,13H,1,9-11H2,2-7H3. The van der Waals surface area contributed by atoms with E-state index in [2.05, 4.69) is 45.9 Å². The topological polar surface area (TPSA) is 54.0 Å². The molecule has 2 radical (unpaired) electrons. The lowest BCUT2D eigenvalue weighted by Crippen LogP contribution is -2.41. The largest absolute Gasteiger partial charge is 0.463 e. The first kappa shape index (κ1) is 20.7. The minimum absolute atomic E-state index is 0.266. The summed E-state index contributed by atoms with van der Waals surface area (Å²) in [6.45, 7) is 15.8. The van der Waals surface area contributed by atoms with Gasteiger partial charge in [-0.1, -0.05) is 6.58 Å². The summed E-state index contributed by atoms with van der Waals surface area (Å²) in [6, 6.07) is 0.811. The number of hydrogen-bond acceptors (Lipinski definition) is 5. The molecule has 5 nitrogen and oxygen atoms in total. The van der Waals surface area contributed by atoms with Crippen LogP contribution < -0.4 is 0 Å². The first-order chi connectivity index (χ1) is 9.53. The van der Waals surface area contributed by atoms with Gasteiger partial charge in [0.1, 0.15) is 0 Å². The molecule has 122 valence electrons. The van der Waals surface area contributed by atoms with Crippen molar-refractivity contribution in [3.8, 4) is 0 Å². The minimum atomic E-state index is -1.72. The van der Waals surface area contributed by atoms with Crippen LogP contribution in [0.25, 0.3) is 0 Å². The van der Waals surface area contributed by atoms with Crippen LogP contribution in [0.3, 0.4) is 0 Å². The van der Waals surface area contributed by atoms with E-state index in [9.17, 15) is 4.79 Å². The lowest BCUT2D eigenvalue weighted by molar-refractivity contribution is -0.152. The molecule has 0 aromatic heterocycles. The Labute approximate surface area is 133 Å². The molecule has 0 spiro atoms. The highest BCUT2D eigenvalue weighted by Gasteiger charge is 2.27. The van der Waals surface area contributed by atoms with E-state index in [1.54, 1.807) is 0 Å². The number of esters is 1. The molecule has 0 bridgehead atoms. The van der Waals surface area contributed by atoms with Gasteiger partial charge in [-0.2, -0.15) is 0 Å². The molecule has 0 unspecified atom stereocenters. The molecule has 0 rings (SSSR count). The zero-order valence-electron chi connectivity index (χ0n) is 14.0. The Morgan fingerprint density at radius 3 is 2.10 bits per heavy atom. The molecule has 0 heterocycles. The molecule has 0 N–H and O–H groups in total. The fourth-order valence-electron chi connectivity index (χ4n) is 1.15. The van der Waals surface area contributed by atoms with Crippen LogP contribution in [0.15, 0.2) is 12.7 Å². The second kappa shape index (κ2) is 9.70. The van der Waals surface area contributed by atoms with Crippen molar-refractivity contribution in [3.05, 3.63) is 12.7 Å². The van der Waals surface area contributed by atoms with Crippen molar-refractivity contribution >= 4 is 32.4 Å². The molecular weight excluding hydrogens is 320 g/mol. The van der Waals surface area contributed by atoms with Crippen LogP contribution >= 0.6 is 0 Å². The second-order valence-electron chi connectivity index (χ2n) is 6.49. The van der Waals surface area contributed by atoms with Gasteiger partial charge in [-0.3, -0.25) is 0 Å². The van der Waals surface area contributed by atoms with Crippen LogP contribution in [-0.4, -0.2) is 45.5 Å². The summed E-state index contributed by atoms with van der Waals surface area (Å²) in [5.74, 6) is -0.388. The molecule has 0 aliphatic rings. The molecular formula is C13H28O5Si3. The molecule has 0 fully saturated rings. The van der Waals surface area contributed by atoms with Gasteiger partial charge in [-0.15, -0.1) is 0 Å². The van der Waals surface area contributed by atoms with Crippen molar-refractivity contribution in [2.75, 3.05) is 6.61 Å². The van der Waals surface area contributed by atoms with Crippen molar-refractivity contribution in [1.29, 1.82) is 0 Å². The van der Waals surface area contributed by atoms with Crippen molar-refractivity contribution in [1.82, 2.24) is 0 Å². The Kier molecular flexibility index (Phi) is 9.58. The van der Waals surface area contributed by atoms with Gasteiger partial charge < -0.3 is 18.0 Å². The van der Waals surface area contributed by atoms with Gasteiger partial charge in [0.15, 0.2) is 16.6 Å². The van der Waals surface area contributed by atoms with Gasteiger partial charge in [0, 0.05) is 6.08 Å². The van der Waals surface area contributed by atoms with E-state index < -0.39 is 23.1 Å². The van der Waals surface area contributed by atoms with Gasteiger partial charge in [0.2, 0.25) is 16.2 Å². The maximum Gasteiger partial charge on any atom is 0.330 e. The number of ether oxygens (including phenoxy) is 1. The third-order valence-corrected chi connectivity index (χ3v) is 4.63. The van der Waals surface area contributed by atoms with Crippen LogP contribution in [0.1, 0.15) is 6.42 Å². The van der Waals surface area contributed by atoms with E-state index >= 15 is 0 Å². The zero-order chi connectivity index (χ0) is 16.5. The molecule has 0 atom stereocenters. The third kappa shape index (κ3) is 14.4. The van der Waals surface area contributed by atoms with Gasteiger partial charge in [-0.05, 0) is 51.7 Å². The minimum Gasteiger partial charge on any atom is -0.463 e. The van der Waals surface area contributed by atoms with Crippen LogP contribution in [0.2, 0.25) is 45.3 Å². The lowest BCUT2D eigenvalue weighted by atomic mass is 10.5. The van der Waals surface area contributed by atoms with E-state index in [1.807, 2.05) is 0 Å². The molecule has 0 saturated heterocycles. The average molecular weight is 349 g/mol. The van der Waals surface area contributed by atoms with E-state index in [1.165, 1.54) is 6.08 Å². The quantitative estimate of drug-likeness (QED) is 0.189. The Morgan fingerprint density at radius 1 is 1.14 bits per heavy atom. The third-order valence-electron chi connectivity index (χ3n) is 1.91. The highest BCUT2D eigenvalue weighted by atomic mass is 28.4. The summed E-state index contributed by atoms with van der Waals surface area (Å²) in [4.78, 5) is 10.9. The summed E-state index contributed by atoms with van der Waals surface area (Å²) in [5.41, 5.74) is 0. The van der Waals surface area contributed by atoms with Crippen LogP contribution in [0, 0.1) is 0 Å². The van der Waals surface area contributed by atoms with Gasteiger partial charge >= 0.3 is 5.97 Å². The van der Waals surface area contributed by atoms with Crippen LogP contribution in [0.4, 0.5) is 0 Å². The fraction of sp³-hybridized carbons (Fsp3) is 0.769. The van der Waals surface area contributed by atoms with E-state index in [-0.39, 0.29) is 15.7 Å². The first-order valence-electron chi connectivity index (χ1n) is 7.07. The highest BCUT2D eigenvalue weighted by Crippen LogP contribution is 2.15. The SMILES string of the molecule is C=CC(=O)OCCC[Si]OC(O[Si](C)(C)C)O[Si](C)(C)C. The summed E-state index contributed by atoms with van der Waals surface area (Å²) in [6.07, 6.45) is 1.92. The van der Waals surface area contributed by atoms with E-state index in [0.717, 1.165) is 12.5 Å². The predicted octanol–water partition coefficient (Wildman–Crippen LogP) is 3.15. The van der Waals surface area contributed by atoms with Gasteiger partial charge in [0.25, 0.3) is 0 Å². The van der Waals surface area contributed by atoms with Crippen molar-refractivity contribution in [2.24, 2.45) is 0 Å². The van der Waals surface area contributed by atoms with Crippen molar-refractivity contribution in [2.45, 2.75) is 58.2 Å². The Morgan fingerprint density at radius 2 is 1.67 bits per heavy atom. The maximum absolute atomic E-state index is 10.9. The van der Waals surface area contributed by atoms with E-state index in [4.69, 9.17) is 18.0 Å². The molecule has 8 heteroatoms. The molecule has 0 saturated carbocycles. The summed E-state index contributed by atoms with van der Waals surface area (Å²) >= 11 is 0. The highest BCUT2D eigenvalue weighted by molar-refractivity contribution is 6.70. The van der Waals surface area contributed by atoms with Crippen LogP contribution in [0.5, 0.6) is 0 Å². The Balaban J connectivity index is 4.01. The molecule has 21 heavy (non-hydrogen) atoms. The molecule has 0 aliphatic heterocycles. The van der Waals surface area contributed by atoms with Crippen molar-refractivity contribution < 1.29 is 22.8 Å².